The van der Waals surface area contributed by atoms with Crippen LogP contribution in [-0.4, -0.2) is 44.4 Å². The SMILES string of the molecule is CC(Nc1n[nH]c(=O)[nH]c1=O)C(=O)N/N=C/c1ccc(C(=O)O)cc1. The van der Waals surface area contributed by atoms with Crippen LogP contribution in [0.25, 0.3) is 0 Å². The van der Waals surface area contributed by atoms with Crippen LogP contribution in [0.15, 0.2) is 39.0 Å². The van der Waals surface area contributed by atoms with E-state index in [4.69, 9.17) is 5.11 Å². The van der Waals surface area contributed by atoms with Gasteiger partial charge in [0.1, 0.15) is 6.04 Å². The zero-order chi connectivity index (χ0) is 18.4. The number of hydrogen-bond donors (Lipinski definition) is 5. The standard InChI is InChI=1S/C14H14N6O5/c1-7(16-10-12(22)17-14(25)20-18-10)11(21)19-15-6-8-2-4-9(5-3-8)13(23)24/h2-7H,1H3,(H,16,18)(H,19,21)(H,23,24)(H2,17,20,22,25)/b15-6+. The first-order valence-corrected chi connectivity index (χ1v) is 6.98. The minimum Gasteiger partial charge on any atom is -0.478 e. The number of H-pyrrole nitrogens is 2. The van der Waals surface area contributed by atoms with E-state index in [0.29, 0.717) is 5.56 Å². The van der Waals surface area contributed by atoms with E-state index in [-0.39, 0.29) is 11.4 Å². The maximum atomic E-state index is 11.9. The average Bonchev–Trinajstić information content (AvgIpc) is 2.57. The Bertz CT molecular complexity index is 914. The van der Waals surface area contributed by atoms with Gasteiger partial charge in [-0.3, -0.25) is 14.6 Å². The lowest BCUT2D eigenvalue weighted by Gasteiger charge is -2.11. The fraction of sp³-hybridized carbons (Fsp3) is 0.143. The zero-order valence-electron chi connectivity index (χ0n) is 12.9. The average molecular weight is 346 g/mol. The van der Waals surface area contributed by atoms with E-state index < -0.39 is 29.2 Å². The van der Waals surface area contributed by atoms with Crippen molar-refractivity contribution in [1.82, 2.24) is 20.6 Å². The Morgan fingerprint density at radius 1 is 1.28 bits per heavy atom. The monoisotopic (exact) mass is 346 g/mol. The van der Waals surface area contributed by atoms with Crippen molar-refractivity contribution < 1.29 is 14.7 Å². The van der Waals surface area contributed by atoms with Crippen LogP contribution in [0.3, 0.4) is 0 Å². The Morgan fingerprint density at radius 2 is 1.96 bits per heavy atom. The van der Waals surface area contributed by atoms with Crippen LogP contribution in [0.1, 0.15) is 22.8 Å². The largest absolute Gasteiger partial charge is 0.478 e. The van der Waals surface area contributed by atoms with E-state index in [2.05, 4.69) is 20.9 Å². The number of aromatic nitrogens is 3. The molecule has 5 N–H and O–H groups in total. The number of carboxylic acids is 1. The van der Waals surface area contributed by atoms with Gasteiger partial charge in [-0.05, 0) is 24.6 Å². The van der Waals surface area contributed by atoms with Crippen molar-refractivity contribution in [1.29, 1.82) is 0 Å². The number of amides is 1. The van der Waals surface area contributed by atoms with Gasteiger partial charge in [0, 0.05) is 0 Å². The molecule has 1 unspecified atom stereocenters. The van der Waals surface area contributed by atoms with E-state index in [1.54, 1.807) is 0 Å². The summed E-state index contributed by atoms with van der Waals surface area (Å²) in [7, 11) is 0. The number of hydrazone groups is 1. The van der Waals surface area contributed by atoms with E-state index >= 15 is 0 Å². The summed E-state index contributed by atoms with van der Waals surface area (Å²) in [5.41, 5.74) is 1.47. The minimum atomic E-state index is -1.04. The molecule has 0 aliphatic heterocycles. The van der Waals surface area contributed by atoms with Gasteiger partial charge in [0.25, 0.3) is 11.5 Å². The predicted molar refractivity (Wildman–Crippen MR) is 87.7 cm³/mol. The number of benzene rings is 1. The molecule has 130 valence electrons. The Kier molecular flexibility index (Phi) is 5.40. The first kappa shape index (κ1) is 17.6. The summed E-state index contributed by atoms with van der Waals surface area (Å²) in [5.74, 6) is -1.80. The van der Waals surface area contributed by atoms with Crippen molar-refractivity contribution >= 4 is 23.9 Å². The van der Waals surface area contributed by atoms with Crippen molar-refractivity contribution in [2.45, 2.75) is 13.0 Å². The van der Waals surface area contributed by atoms with Crippen molar-refractivity contribution in [2.24, 2.45) is 5.10 Å². The van der Waals surface area contributed by atoms with Crippen LogP contribution in [0.4, 0.5) is 5.82 Å². The predicted octanol–water partition coefficient (Wildman–Crippen LogP) is -0.893. The summed E-state index contributed by atoms with van der Waals surface area (Å²) in [6.07, 6.45) is 1.33. The number of carbonyl (C=O) groups is 2. The fourth-order valence-electron chi connectivity index (χ4n) is 1.70. The maximum Gasteiger partial charge on any atom is 0.342 e. The smallest absolute Gasteiger partial charge is 0.342 e. The van der Waals surface area contributed by atoms with E-state index in [1.165, 1.54) is 37.4 Å². The number of rotatable bonds is 6. The molecule has 11 heteroatoms. The summed E-state index contributed by atoms with van der Waals surface area (Å²) in [6, 6.07) is 5.02. The molecule has 1 aromatic carbocycles. The third-order valence-electron chi connectivity index (χ3n) is 3.00. The highest BCUT2D eigenvalue weighted by Crippen LogP contribution is 2.02. The molecule has 1 heterocycles. The van der Waals surface area contributed by atoms with Crippen LogP contribution in [0, 0.1) is 0 Å². The maximum absolute atomic E-state index is 11.9. The molecular formula is C14H14N6O5. The molecule has 0 aliphatic carbocycles. The quantitative estimate of drug-likeness (QED) is 0.333. The molecule has 1 amide bonds. The molecule has 2 aromatic rings. The Morgan fingerprint density at radius 3 is 2.56 bits per heavy atom. The molecular weight excluding hydrogens is 332 g/mol. The number of aromatic amines is 2. The van der Waals surface area contributed by atoms with Gasteiger partial charge in [0.05, 0.1) is 11.8 Å². The number of aromatic carboxylic acids is 1. The number of nitrogens with zero attached hydrogens (tertiary/aromatic N) is 2. The van der Waals surface area contributed by atoms with Gasteiger partial charge < -0.3 is 10.4 Å². The van der Waals surface area contributed by atoms with Gasteiger partial charge in [-0.25, -0.2) is 20.1 Å². The fourth-order valence-corrected chi connectivity index (χ4v) is 1.70. The lowest BCUT2D eigenvalue weighted by Crippen LogP contribution is -2.38. The van der Waals surface area contributed by atoms with Gasteiger partial charge >= 0.3 is 11.7 Å². The second-order valence-corrected chi connectivity index (χ2v) is 4.88. The highest BCUT2D eigenvalue weighted by molar-refractivity contribution is 5.90. The molecule has 0 saturated heterocycles. The molecule has 0 spiro atoms. The zero-order valence-corrected chi connectivity index (χ0v) is 12.9. The topological polar surface area (TPSA) is 169 Å². The van der Waals surface area contributed by atoms with Crippen LogP contribution >= 0.6 is 0 Å². The molecule has 1 aromatic heterocycles. The second kappa shape index (κ2) is 7.68. The van der Waals surface area contributed by atoms with Crippen LogP contribution in [0.5, 0.6) is 0 Å². The van der Waals surface area contributed by atoms with Crippen LogP contribution in [0.2, 0.25) is 0 Å². The summed E-state index contributed by atoms with van der Waals surface area (Å²) in [6.45, 7) is 1.47. The number of anilines is 1. The number of hydrogen-bond acceptors (Lipinski definition) is 7. The van der Waals surface area contributed by atoms with Crippen molar-refractivity contribution in [3.05, 3.63) is 56.2 Å². The highest BCUT2D eigenvalue weighted by Gasteiger charge is 2.14. The Balaban J connectivity index is 1.93. The molecule has 25 heavy (non-hydrogen) atoms. The highest BCUT2D eigenvalue weighted by atomic mass is 16.4. The van der Waals surface area contributed by atoms with Crippen molar-refractivity contribution in [3.63, 3.8) is 0 Å². The van der Waals surface area contributed by atoms with Crippen LogP contribution in [-0.2, 0) is 4.79 Å². The molecule has 0 saturated carbocycles. The second-order valence-electron chi connectivity index (χ2n) is 4.88. The molecule has 0 radical (unpaired) electrons. The number of carbonyl (C=O) groups excluding carboxylic acids is 1. The molecule has 1 atom stereocenters. The van der Waals surface area contributed by atoms with E-state index in [0.717, 1.165) is 0 Å². The lowest BCUT2D eigenvalue weighted by atomic mass is 10.1. The van der Waals surface area contributed by atoms with Gasteiger partial charge in [0.2, 0.25) is 5.82 Å². The third kappa shape index (κ3) is 4.86. The number of carboxylic acid groups (broad SMARTS) is 1. The third-order valence-corrected chi connectivity index (χ3v) is 3.00. The van der Waals surface area contributed by atoms with E-state index in [1.807, 2.05) is 10.1 Å². The first-order valence-electron chi connectivity index (χ1n) is 6.98. The van der Waals surface area contributed by atoms with Gasteiger partial charge in [-0.15, -0.1) is 5.10 Å². The van der Waals surface area contributed by atoms with Crippen molar-refractivity contribution in [2.75, 3.05) is 5.32 Å². The van der Waals surface area contributed by atoms with Gasteiger partial charge in [-0.2, -0.15) is 5.10 Å². The molecule has 0 bridgehead atoms. The summed E-state index contributed by atoms with van der Waals surface area (Å²) >= 11 is 0. The summed E-state index contributed by atoms with van der Waals surface area (Å²) < 4.78 is 0. The normalized spacial score (nSPS) is 11.9. The lowest BCUT2D eigenvalue weighted by molar-refractivity contribution is -0.121. The Hall–Kier alpha value is -3.76. The van der Waals surface area contributed by atoms with Gasteiger partial charge in [0.15, 0.2) is 0 Å². The van der Waals surface area contributed by atoms with E-state index in [9.17, 15) is 19.2 Å². The molecule has 11 nitrogen and oxygen atoms in total. The first-order chi connectivity index (χ1) is 11.9. The number of nitrogens with one attached hydrogen (secondary N) is 4. The minimum absolute atomic E-state index is 0.137. The molecule has 0 aliphatic rings. The summed E-state index contributed by atoms with van der Waals surface area (Å²) in [5, 5.41) is 20.6. The van der Waals surface area contributed by atoms with Crippen molar-refractivity contribution in [3.8, 4) is 0 Å². The van der Waals surface area contributed by atoms with Crippen LogP contribution < -0.4 is 22.0 Å². The molecule has 2 rings (SSSR count). The summed E-state index contributed by atoms with van der Waals surface area (Å²) in [4.78, 5) is 46.9. The Labute approximate surface area is 139 Å². The molecule has 0 fully saturated rings. The van der Waals surface area contributed by atoms with Gasteiger partial charge in [-0.1, -0.05) is 12.1 Å².